The summed E-state index contributed by atoms with van der Waals surface area (Å²) in [4.78, 5) is 11.3. The van der Waals surface area contributed by atoms with Crippen molar-refractivity contribution in [3.63, 3.8) is 0 Å². The molecule has 0 spiro atoms. The number of carbonyl (C=O) groups is 1. The third kappa shape index (κ3) is 3.69. The van der Waals surface area contributed by atoms with E-state index in [2.05, 4.69) is 24.2 Å². The van der Waals surface area contributed by atoms with Gasteiger partial charge >= 0.3 is 5.97 Å². The van der Waals surface area contributed by atoms with Gasteiger partial charge in [-0.2, -0.15) is 0 Å². The van der Waals surface area contributed by atoms with Gasteiger partial charge in [0.05, 0.1) is 12.8 Å². The number of esters is 1. The topological polar surface area (TPSA) is 57.0 Å². The first-order chi connectivity index (χ1) is 7.13. The van der Waals surface area contributed by atoms with E-state index in [4.69, 9.17) is 4.74 Å². The molecule has 5 heteroatoms. The van der Waals surface area contributed by atoms with Crippen LogP contribution in [0.2, 0.25) is 0 Å². The Morgan fingerprint density at radius 1 is 1.60 bits per heavy atom. The second-order valence-corrected chi connectivity index (χ2v) is 3.77. The molecular weight excluding hydrogens is 194 g/mol. The highest BCUT2D eigenvalue weighted by Crippen LogP contribution is 2.03. The molecule has 0 aliphatic rings. The highest BCUT2D eigenvalue weighted by molar-refractivity contribution is 5.86. The van der Waals surface area contributed by atoms with Crippen LogP contribution in [0.4, 0.5) is 0 Å². The maximum atomic E-state index is 11.3. The van der Waals surface area contributed by atoms with Crippen LogP contribution >= 0.6 is 0 Å². The largest absolute Gasteiger partial charge is 0.461 e. The molecule has 5 nitrogen and oxygen atoms in total. The lowest BCUT2D eigenvalue weighted by atomic mass is 10.1. The molecule has 0 aliphatic heterocycles. The Hall–Kier alpha value is -1.39. The highest BCUT2D eigenvalue weighted by atomic mass is 16.5. The minimum absolute atomic E-state index is 0.278. The zero-order valence-electron chi connectivity index (χ0n) is 9.43. The SMILES string of the molecule is CCOC(=O)c1cn(CCC(C)C)nn1. The number of aryl methyl sites for hydroxylation is 1. The van der Waals surface area contributed by atoms with Crippen molar-refractivity contribution in [2.45, 2.75) is 33.7 Å². The molecule has 0 aliphatic carbocycles. The molecule has 0 aromatic carbocycles. The average Bonchev–Trinajstić information content (AvgIpc) is 2.63. The number of rotatable bonds is 5. The van der Waals surface area contributed by atoms with Gasteiger partial charge in [-0.25, -0.2) is 4.79 Å². The standard InChI is InChI=1S/C10H17N3O2/c1-4-15-10(14)9-7-13(12-11-9)6-5-8(2)3/h7-8H,4-6H2,1-3H3. The molecule has 84 valence electrons. The van der Waals surface area contributed by atoms with Crippen LogP contribution in [0.15, 0.2) is 6.20 Å². The van der Waals surface area contributed by atoms with E-state index in [0.29, 0.717) is 12.5 Å². The third-order valence-corrected chi connectivity index (χ3v) is 1.96. The van der Waals surface area contributed by atoms with Crippen molar-refractivity contribution >= 4 is 5.97 Å². The molecule has 1 aromatic heterocycles. The van der Waals surface area contributed by atoms with Crippen molar-refractivity contribution in [1.29, 1.82) is 0 Å². The van der Waals surface area contributed by atoms with Gasteiger partial charge < -0.3 is 4.74 Å². The summed E-state index contributed by atoms with van der Waals surface area (Å²) in [6.07, 6.45) is 2.64. The lowest BCUT2D eigenvalue weighted by Gasteiger charge is -2.02. The molecule has 0 radical (unpaired) electrons. The van der Waals surface area contributed by atoms with Crippen LogP contribution in [0, 0.1) is 5.92 Å². The number of carbonyl (C=O) groups excluding carboxylic acids is 1. The summed E-state index contributed by atoms with van der Waals surface area (Å²) < 4.78 is 6.48. The molecule has 0 saturated heterocycles. The van der Waals surface area contributed by atoms with Gasteiger partial charge in [-0.3, -0.25) is 4.68 Å². The molecule has 1 rings (SSSR count). The van der Waals surface area contributed by atoms with Crippen molar-refractivity contribution in [3.05, 3.63) is 11.9 Å². The smallest absolute Gasteiger partial charge is 0.360 e. The second-order valence-electron chi connectivity index (χ2n) is 3.77. The fraction of sp³-hybridized carbons (Fsp3) is 0.700. The lowest BCUT2D eigenvalue weighted by molar-refractivity contribution is 0.0519. The number of hydrogen-bond acceptors (Lipinski definition) is 4. The van der Waals surface area contributed by atoms with Crippen molar-refractivity contribution in [2.24, 2.45) is 5.92 Å². The molecule has 0 N–H and O–H groups in total. The fourth-order valence-corrected chi connectivity index (χ4v) is 1.10. The first kappa shape index (κ1) is 11.7. The van der Waals surface area contributed by atoms with E-state index >= 15 is 0 Å². The molecule has 0 unspecified atom stereocenters. The van der Waals surface area contributed by atoms with Crippen LogP contribution in [0.5, 0.6) is 0 Å². The summed E-state index contributed by atoms with van der Waals surface area (Å²) in [5, 5.41) is 7.61. The van der Waals surface area contributed by atoms with Gasteiger partial charge in [0, 0.05) is 6.54 Å². The summed E-state index contributed by atoms with van der Waals surface area (Å²) in [7, 11) is 0. The molecule has 0 fully saturated rings. The van der Waals surface area contributed by atoms with E-state index in [1.54, 1.807) is 17.8 Å². The summed E-state index contributed by atoms with van der Waals surface area (Å²) in [6, 6.07) is 0. The van der Waals surface area contributed by atoms with Crippen LogP contribution < -0.4 is 0 Å². The second kappa shape index (κ2) is 5.48. The van der Waals surface area contributed by atoms with Gasteiger partial charge in [-0.05, 0) is 19.3 Å². The average molecular weight is 211 g/mol. The molecule has 1 heterocycles. The molecule has 15 heavy (non-hydrogen) atoms. The van der Waals surface area contributed by atoms with Crippen molar-refractivity contribution in [1.82, 2.24) is 15.0 Å². The molecule has 0 atom stereocenters. The normalized spacial score (nSPS) is 10.7. The Morgan fingerprint density at radius 2 is 2.33 bits per heavy atom. The number of aromatic nitrogens is 3. The zero-order chi connectivity index (χ0) is 11.3. The monoisotopic (exact) mass is 211 g/mol. The third-order valence-electron chi connectivity index (χ3n) is 1.96. The minimum Gasteiger partial charge on any atom is -0.461 e. The maximum Gasteiger partial charge on any atom is 0.360 e. The van der Waals surface area contributed by atoms with Gasteiger partial charge in [-0.15, -0.1) is 5.10 Å². The van der Waals surface area contributed by atoms with Crippen LogP contribution in [-0.4, -0.2) is 27.6 Å². The molecule has 1 aromatic rings. The maximum absolute atomic E-state index is 11.3. The Morgan fingerprint density at radius 3 is 2.93 bits per heavy atom. The van der Waals surface area contributed by atoms with E-state index in [9.17, 15) is 4.79 Å². The summed E-state index contributed by atoms with van der Waals surface area (Å²) in [5.41, 5.74) is 0.278. The fourth-order valence-electron chi connectivity index (χ4n) is 1.10. The van der Waals surface area contributed by atoms with E-state index < -0.39 is 5.97 Å². The molecular formula is C10H17N3O2. The van der Waals surface area contributed by atoms with E-state index in [-0.39, 0.29) is 5.69 Å². The molecule has 0 saturated carbocycles. The Bertz CT molecular complexity index is 320. The van der Waals surface area contributed by atoms with Gasteiger partial charge in [-0.1, -0.05) is 19.1 Å². The number of hydrogen-bond donors (Lipinski definition) is 0. The van der Waals surface area contributed by atoms with E-state index in [1.807, 2.05) is 0 Å². The van der Waals surface area contributed by atoms with Crippen LogP contribution in [-0.2, 0) is 11.3 Å². The summed E-state index contributed by atoms with van der Waals surface area (Å²) in [5.74, 6) is 0.202. The lowest BCUT2D eigenvalue weighted by Crippen LogP contribution is -2.05. The van der Waals surface area contributed by atoms with Gasteiger partial charge in [0.15, 0.2) is 5.69 Å². The number of nitrogens with zero attached hydrogens (tertiary/aromatic N) is 3. The summed E-state index contributed by atoms with van der Waals surface area (Å²) >= 11 is 0. The van der Waals surface area contributed by atoms with Gasteiger partial charge in [0.2, 0.25) is 0 Å². The Balaban J connectivity index is 2.52. The first-order valence-corrected chi connectivity index (χ1v) is 5.20. The molecule has 0 amide bonds. The predicted molar refractivity (Wildman–Crippen MR) is 55.4 cm³/mol. The Labute approximate surface area is 89.4 Å². The Kier molecular flexibility index (Phi) is 4.27. The molecule has 0 bridgehead atoms. The van der Waals surface area contributed by atoms with Crippen molar-refractivity contribution in [2.75, 3.05) is 6.61 Å². The minimum atomic E-state index is -0.409. The van der Waals surface area contributed by atoms with Crippen molar-refractivity contribution in [3.8, 4) is 0 Å². The van der Waals surface area contributed by atoms with Gasteiger partial charge in [0.25, 0.3) is 0 Å². The van der Waals surface area contributed by atoms with Crippen LogP contribution in [0.1, 0.15) is 37.7 Å². The quantitative estimate of drug-likeness (QED) is 0.692. The first-order valence-electron chi connectivity index (χ1n) is 5.20. The van der Waals surface area contributed by atoms with E-state index in [0.717, 1.165) is 13.0 Å². The van der Waals surface area contributed by atoms with Crippen molar-refractivity contribution < 1.29 is 9.53 Å². The van der Waals surface area contributed by atoms with Crippen LogP contribution in [0.25, 0.3) is 0 Å². The van der Waals surface area contributed by atoms with Gasteiger partial charge in [0.1, 0.15) is 0 Å². The van der Waals surface area contributed by atoms with E-state index in [1.165, 1.54) is 0 Å². The zero-order valence-corrected chi connectivity index (χ0v) is 9.43. The summed E-state index contributed by atoms with van der Waals surface area (Å²) in [6.45, 7) is 7.19. The highest BCUT2D eigenvalue weighted by Gasteiger charge is 2.11. The van der Waals surface area contributed by atoms with Crippen LogP contribution in [0.3, 0.4) is 0 Å². The predicted octanol–water partition coefficient (Wildman–Crippen LogP) is 1.50. The number of ether oxygens (including phenoxy) is 1.